The number of hydrogen-bond acceptors (Lipinski definition) is 3. The lowest BCUT2D eigenvalue weighted by Crippen LogP contribution is -2.36. The van der Waals surface area contributed by atoms with E-state index in [0.29, 0.717) is 18.4 Å². The van der Waals surface area contributed by atoms with Gasteiger partial charge in [-0.15, -0.1) is 0 Å². The first kappa shape index (κ1) is 9.93. The van der Waals surface area contributed by atoms with E-state index in [4.69, 9.17) is 5.11 Å². The molecule has 2 rings (SSSR count). The van der Waals surface area contributed by atoms with Gasteiger partial charge < -0.3 is 10.4 Å². The number of nitrogens with zero attached hydrogens (tertiary/aromatic N) is 1. The van der Waals surface area contributed by atoms with Crippen LogP contribution in [-0.2, 0) is 4.79 Å². The van der Waals surface area contributed by atoms with Crippen molar-refractivity contribution in [1.82, 2.24) is 10.2 Å². The highest BCUT2D eigenvalue weighted by molar-refractivity contribution is 5.78. The minimum atomic E-state index is 0.176. The summed E-state index contributed by atoms with van der Waals surface area (Å²) in [4.78, 5) is 13.3. The van der Waals surface area contributed by atoms with Gasteiger partial charge in [0.1, 0.15) is 0 Å². The molecule has 2 N–H and O–H groups in total. The second-order valence-corrected chi connectivity index (χ2v) is 4.35. The number of amides is 1. The summed E-state index contributed by atoms with van der Waals surface area (Å²) < 4.78 is 0. The van der Waals surface area contributed by atoms with Crippen LogP contribution in [0.2, 0.25) is 0 Å². The van der Waals surface area contributed by atoms with Gasteiger partial charge in [-0.3, -0.25) is 9.69 Å². The normalized spacial score (nSPS) is 33.6. The molecule has 2 aliphatic heterocycles. The molecule has 2 heterocycles. The molecule has 4 heteroatoms. The quantitative estimate of drug-likeness (QED) is 0.647. The van der Waals surface area contributed by atoms with Crippen LogP contribution in [0, 0.1) is 5.92 Å². The summed E-state index contributed by atoms with van der Waals surface area (Å²) in [5.74, 6) is 0.629. The number of nitrogens with one attached hydrogen (secondary N) is 1. The van der Waals surface area contributed by atoms with Gasteiger partial charge in [0.05, 0.1) is 6.61 Å². The topological polar surface area (TPSA) is 52.6 Å². The average molecular weight is 198 g/mol. The summed E-state index contributed by atoms with van der Waals surface area (Å²) in [6.45, 7) is 3.11. The smallest absolute Gasteiger partial charge is 0.220 e. The molecule has 0 aliphatic carbocycles. The lowest BCUT2D eigenvalue weighted by Gasteiger charge is -2.24. The zero-order valence-corrected chi connectivity index (χ0v) is 8.41. The Labute approximate surface area is 84.3 Å². The van der Waals surface area contributed by atoms with E-state index in [1.54, 1.807) is 0 Å². The van der Waals surface area contributed by atoms with Crippen LogP contribution < -0.4 is 5.32 Å². The van der Waals surface area contributed by atoms with E-state index in [-0.39, 0.29) is 12.5 Å². The predicted octanol–water partition coefficient (Wildman–Crippen LogP) is -0.421. The van der Waals surface area contributed by atoms with Crippen molar-refractivity contribution >= 4 is 5.91 Å². The average Bonchev–Trinajstić information content (AvgIpc) is 2.76. The van der Waals surface area contributed by atoms with Gasteiger partial charge in [0, 0.05) is 25.6 Å². The number of aliphatic hydroxyl groups excluding tert-OH is 1. The molecule has 4 nitrogen and oxygen atoms in total. The first-order valence-corrected chi connectivity index (χ1v) is 5.41. The molecule has 2 fully saturated rings. The number of hydrogen-bond donors (Lipinski definition) is 2. The Balaban J connectivity index is 1.81. The maximum Gasteiger partial charge on any atom is 0.220 e. The Morgan fingerprint density at radius 3 is 3.07 bits per heavy atom. The third kappa shape index (κ3) is 2.07. The Kier molecular flexibility index (Phi) is 3.03. The standard InChI is InChI=1S/C10H18N2O2/c13-7-9-2-1-3-12(9)6-8-4-10(14)11-5-8/h8-9,13H,1-7H2,(H,11,14)/t8?,9-/m0/s1. The van der Waals surface area contributed by atoms with Crippen molar-refractivity contribution in [1.29, 1.82) is 0 Å². The molecule has 14 heavy (non-hydrogen) atoms. The fourth-order valence-corrected chi connectivity index (χ4v) is 2.47. The van der Waals surface area contributed by atoms with Gasteiger partial charge in [-0.25, -0.2) is 0 Å². The van der Waals surface area contributed by atoms with E-state index in [0.717, 1.165) is 26.1 Å². The first-order valence-electron chi connectivity index (χ1n) is 5.41. The second-order valence-electron chi connectivity index (χ2n) is 4.35. The Morgan fingerprint density at radius 1 is 1.57 bits per heavy atom. The molecule has 80 valence electrons. The predicted molar refractivity (Wildman–Crippen MR) is 52.8 cm³/mol. The van der Waals surface area contributed by atoms with Gasteiger partial charge in [-0.2, -0.15) is 0 Å². The molecule has 0 radical (unpaired) electrons. The van der Waals surface area contributed by atoms with E-state index in [2.05, 4.69) is 10.2 Å². The van der Waals surface area contributed by atoms with Crippen LogP contribution in [0.25, 0.3) is 0 Å². The molecule has 1 amide bonds. The Hall–Kier alpha value is -0.610. The fourth-order valence-electron chi connectivity index (χ4n) is 2.47. The van der Waals surface area contributed by atoms with Crippen molar-refractivity contribution < 1.29 is 9.90 Å². The highest BCUT2D eigenvalue weighted by Crippen LogP contribution is 2.20. The maximum absolute atomic E-state index is 11.0. The number of likely N-dealkylation sites (tertiary alicyclic amines) is 1. The molecule has 2 atom stereocenters. The zero-order valence-electron chi connectivity index (χ0n) is 8.41. The van der Waals surface area contributed by atoms with Crippen molar-refractivity contribution in [3.05, 3.63) is 0 Å². The lowest BCUT2D eigenvalue weighted by atomic mass is 10.1. The first-order chi connectivity index (χ1) is 6.79. The van der Waals surface area contributed by atoms with Gasteiger partial charge in [-0.1, -0.05) is 0 Å². The van der Waals surface area contributed by atoms with Crippen LogP contribution >= 0.6 is 0 Å². The van der Waals surface area contributed by atoms with Crippen molar-refractivity contribution in [2.45, 2.75) is 25.3 Å². The second kappa shape index (κ2) is 4.28. The fraction of sp³-hybridized carbons (Fsp3) is 0.900. The number of aliphatic hydroxyl groups is 1. The van der Waals surface area contributed by atoms with Gasteiger partial charge in [0.2, 0.25) is 5.91 Å². The number of carbonyl (C=O) groups is 1. The summed E-state index contributed by atoms with van der Waals surface area (Å²) in [6, 6.07) is 0.339. The summed E-state index contributed by atoms with van der Waals surface area (Å²) in [6.07, 6.45) is 2.94. The summed E-state index contributed by atoms with van der Waals surface area (Å²) in [5, 5.41) is 12.0. The van der Waals surface area contributed by atoms with Crippen molar-refractivity contribution in [2.75, 3.05) is 26.2 Å². The lowest BCUT2D eigenvalue weighted by molar-refractivity contribution is -0.119. The number of rotatable bonds is 3. The van der Waals surface area contributed by atoms with E-state index < -0.39 is 0 Å². The van der Waals surface area contributed by atoms with Crippen molar-refractivity contribution in [3.8, 4) is 0 Å². The van der Waals surface area contributed by atoms with Crippen LogP contribution in [0.15, 0.2) is 0 Å². The molecule has 2 aliphatic rings. The molecular weight excluding hydrogens is 180 g/mol. The molecule has 0 saturated carbocycles. The largest absolute Gasteiger partial charge is 0.395 e. The molecule has 0 aromatic heterocycles. The molecule has 0 spiro atoms. The van der Waals surface area contributed by atoms with Crippen molar-refractivity contribution in [3.63, 3.8) is 0 Å². The van der Waals surface area contributed by atoms with Crippen LogP contribution in [0.5, 0.6) is 0 Å². The Bertz CT molecular complexity index is 220. The minimum absolute atomic E-state index is 0.176. The van der Waals surface area contributed by atoms with Crippen molar-refractivity contribution in [2.24, 2.45) is 5.92 Å². The highest BCUT2D eigenvalue weighted by Gasteiger charge is 2.29. The SMILES string of the molecule is O=C1CC(CN2CCC[C@H]2CO)CN1. The van der Waals surface area contributed by atoms with E-state index >= 15 is 0 Å². The molecule has 0 aromatic carbocycles. The molecular formula is C10H18N2O2. The summed E-state index contributed by atoms with van der Waals surface area (Å²) >= 11 is 0. The molecule has 0 aromatic rings. The van der Waals surface area contributed by atoms with Gasteiger partial charge >= 0.3 is 0 Å². The minimum Gasteiger partial charge on any atom is -0.395 e. The third-order valence-electron chi connectivity index (χ3n) is 3.26. The van der Waals surface area contributed by atoms with Crippen LogP contribution in [-0.4, -0.2) is 48.2 Å². The van der Waals surface area contributed by atoms with Crippen LogP contribution in [0.4, 0.5) is 0 Å². The molecule has 0 bridgehead atoms. The summed E-state index contributed by atoms with van der Waals surface area (Å²) in [7, 11) is 0. The Morgan fingerprint density at radius 2 is 2.43 bits per heavy atom. The third-order valence-corrected chi connectivity index (χ3v) is 3.26. The highest BCUT2D eigenvalue weighted by atomic mass is 16.3. The van der Waals surface area contributed by atoms with E-state index in [1.807, 2.05) is 0 Å². The number of carbonyl (C=O) groups excluding carboxylic acids is 1. The van der Waals surface area contributed by atoms with Gasteiger partial charge in [-0.05, 0) is 25.3 Å². The van der Waals surface area contributed by atoms with Crippen LogP contribution in [0.1, 0.15) is 19.3 Å². The van der Waals surface area contributed by atoms with E-state index in [9.17, 15) is 4.79 Å². The van der Waals surface area contributed by atoms with Crippen LogP contribution in [0.3, 0.4) is 0 Å². The van der Waals surface area contributed by atoms with E-state index in [1.165, 1.54) is 6.42 Å². The molecule has 2 saturated heterocycles. The van der Waals surface area contributed by atoms with Gasteiger partial charge in [0.25, 0.3) is 0 Å². The maximum atomic E-state index is 11.0. The van der Waals surface area contributed by atoms with Gasteiger partial charge in [0.15, 0.2) is 0 Å². The summed E-state index contributed by atoms with van der Waals surface area (Å²) in [5.41, 5.74) is 0. The molecule has 1 unspecified atom stereocenters. The monoisotopic (exact) mass is 198 g/mol. The zero-order chi connectivity index (χ0) is 9.97.